The molecule has 0 bridgehead atoms. The number of nitrogens with zero attached hydrogens (tertiary/aromatic N) is 1. The van der Waals surface area contributed by atoms with Gasteiger partial charge in [0.25, 0.3) is 0 Å². The van der Waals surface area contributed by atoms with Crippen molar-refractivity contribution >= 4 is 0 Å². The van der Waals surface area contributed by atoms with Crippen LogP contribution in [0.4, 0.5) is 0 Å². The van der Waals surface area contributed by atoms with Gasteiger partial charge in [-0.25, -0.2) is 4.98 Å². The molecule has 0 aliphatic rings. The summed E-state index contributed by atoms with van der Waals surface area (Å²) in [7, 11) is 0. The first kappa shape index (κ1) is 11.0. The van der Waals surface area contributed by atoms with Crippen LogP contribution in [0.5, 0.6) is 5.88 Å². The molecule has 14 heavy (non-hydrogen) atoms. The van der Waals surface area contributed by atoms with Crippen molar-refractivity contribution in [2.24, 2.45) is 11.7 Å². The summed E-state index contributed by atoms with van der Waals surface area (Å²) in [6.07, 6.45) is 1.05. The maximum Gasteiger partial charge on any atom is 0.213 e. The second-order valence-corrected chi connectivity index (χ2v) is 3.70. The second-order valence-electron chi connectivity index (χ2n) is 3.70. The average molecular weight is 194 g/mol. The summed E-state index contributed by atoms with van der Waals surface area (Å²) in [5.74, 6) is 1.33. The van der Waals surface area contributed by atoms with E-state index in [9.17, 15) is 0 Å². The summed E-state index contributed by atoms with van der Waals surface area (Å²) in [6.45, 7) is 5.53. The molecule has 2 N–H and O–H groups in total. The van der Waals surface area contributed by atoms with Crippen LogP contribution in [-0.2, 0) is 6.54 Å². The zero-order valence-electron chi connectivity index (χ0n) is 8.86. The van der Waals surface area contributed by atoms with Crippen LogP contribution in [-0.4, -0.2) is 11.6 Å². The minimum atomic E-state index is 0.460. The number of aromatic nitrogens is 1. The largest absolute Gasteiger partial charge is 0.478 e. The maximum absolute atomic E-state index is 5.49. The standard InChI is InChI=1S/C11H18N2O/c1-9(2)6-7-14-11-5-3-4-10(8-12)13-11/h3-5,9H,6-8,12H2,1-2H3. The molecule has 0 aromatic carbocycles. The molecule has 0 spiro atoms. The minimum absolute atomic E-state index is 0.460. The van der Waals surface area contributed by atoms with Gasteiger partial charge in [-0.05, 0) is 18.4 Å². The Morgan fingerprint density at radius 1 is 1.43 bits per heavy atom. The van der Waals surface area contributed by atoms with Gasteiger partial charge in [-0.15, -0.1) is 0 Å². The van der Waals surface area contributed by atoms with Crippen molar-refractivity contribution in [1.29, 1.82) is 0 Å². The fourth-order valence-electron chi connectivity index (χ4n) is 1.05. The molecule has 1 aromatic rings. The van der Waals surface area contributed by atoms with Crippen molar-refractivity contribution in [2.75, 3.05) is 6.61 Å². The van der Waals surface area contributed by atoms with E-state index in [4.69, 9.17) is 10.5 Å². The summed E-state index contributed by atoms with van der Waals surface area (Å²) in [4.78, 5) is 4.24. The number of hydrogen-bond acceptors (Lipinski definition) is 3. The highest BCUT2D eigenvalue weighted by Crippen LogP contribution is 2.08. The van der Waals surface area contributed by atoms with E-state index in [0.29, 0.717) is 18.3 Å². The fourth-order valence-corrected chi connectivity index (χ4v) is 1.05. The molecule has 0 fully saturated rings. The highest BCUT2D eigenvalue weighted by Gasteiger charge is 1.98. The van der Waals surface area contributed by atoms with E-state index in [1.165, 1.54) is 0 Å². The summed E-state index contributed by atoms with van der Waals surface area (Å²) in [5.41, 5.74) is 6.35. The molecule has 0 amide bonds. The van der Waals surface area contributed by atoms with E-state index < -0.39 is 0 Å². The smallest absolute Gasteiger partial charge is 0.213 e. The van der Waals surface area contributed by atoms with Gasteiger partial charge in [0.05, 0.1) is 12.3 Å². The van der Waals surface area contributed by atoms with Crippen molar-refractivity contribution < 1.29 is 4.74 Å². The molecular weight excluding hydrogens is 176 g/mol. The summed E-state index contributed by atoms with van der Waals surface area (Å²) in [5, 5.41) is 0. The third-order valence-electron chi connectivity index (χ3n) is 1.94. The molecule has 0 radical (unpaired) electrons. The third kappa shape index (κ3) is 3.75. The Bertz CT molecular complexity index is 274. The third-order valence-corrected chi connectivity index (χ3v) is 1.94. The SMILES string of the molecule is CC(C)CCOc1cccc(CN)n1. The molecule has 78 valence electrons. The Morgan fingerprint density at radius 3 is 2.86 bits per heavy atom. The van der Waals surface area contributed by atoms with Gasteiger partial charge in [-0.3, -0.25) is 0 Å². The highest BCUT2D eigenvalue weighted by molar-refractivity contribution is 5.15. The molecule has 0 unspecified atom stereocenters. The number of ether oxygens (including phenoxy) is 1. The van der Waals surface area contributed by atoms with Crippen molar-refractivity contribution in [1.82, 2.24) is 4.98 Å². The highest BCUT2D eigenvalue weighted by atomic mass is 16.5. The van der Waals surface area contributed by atoms with E-state index in [2.05, 4.69) is 18.8 Å². The van der Waals surface area contributed by atoms with Gasteiger partial charge in [0.2, 0.25) is 5.88 Å². The molecule has 0 atom stereocenters. The summed E-state index contributed by atoms with van der Waals surface area (Å²) in [6, 6.07) is 5.68. The molecule has 0 aliphatic heterocycles. The molecule has 3 heteroatoms. The predicted molar refractivity (Wildman–Crippen MR) is 57.1 cm³/mol. The molecular formula is C11H18N2O. The van der Waals surface area contributed by atoms with Crippen molar-refractivity contribution in [3.8, 4) is 5.88 Å². The topological polar surface area (TPSA) is 48.1 Å². The van der Waals surface area contributed by atoms with Crippen molar-refractivity contribution in [3.05, 3.63) is 23.9 Å². The van der Waals surface area contributed by atoms with Crippen LogP contribution in [0.1, 0.15) is 26.0 Å². The molecule has 0 saturated carbocycles. The van der Waals surface area contributed by atoms with Gasteiger partial charge in [-0.1, -0.05) is 19.9 Å². The molecule has 0 aliphatic carbocycles. The quantitative estimate of drug-likeness (QED) is 0.779. The van der Waals surface area contributed by atoms with E-state index in [1.54, 1.807) is 0 Å². The minimum Gasteiger partial charge on any atom is -0.478 e. The molecule has 1 aromatic heterocycles. The first-order valence-electron chi connectivity index (χ1n) is 5.01. The van der Waals surface area contributed by atoms with Gasteiger partial charge in [0, 0.05) is 12.6 Å². The Morgan fingerprint density at radius 2 is 2.21 bits per heavy atom. The summed E-state index contributed by atoms with van der Waals surface area (Å²) >= 11 is 0. The van der Waals surface area contributed by atoms with Gasteiger partial charge >= 0.3 is 0 Å². The lowest BCUT2D eigenvalue weighted by Crippen LogP contribution is -2.05. The van der Waals surface area contributed by atoms with Gasteiger partial charge in [0.1, 0.15) is 0 Å². The molecule has 0 saturated heterocycles. The van der Waals surface area contributed by atoms with E-state index in [-0.39, 0.29) is 0 Å². The van der Waals surface area contributed by atoms with Crippen LogP contribution >= 0.6 is 0 Å². The van der Waals surface area contributed by atoms with Gasteiger partial charge in [-0.2, -0.15) is 0 Å². The van der Waals surface area contributed by atoms with Crippen LogP contribution in [0.25, 0.3) is 0 Å². The van der Waals surface area contributed by atoms with Crippen LogP contribution in [0.2, 0.25) is 0 Å². The second kappa shape index (κ2) is 5.60. The van der Waals surface area contributed by atoms with Crippen LogP contribution in [0.15, 0.2) is 18.2 Å². The Balaban J connectivity index is 2.42. The maximum atomic E-state index is 5.49. The zero-order chi connectivity index (χ0) is 10.4. The Labute approximate surface area is 85.3 Å². The fraction of sp³-hybridized carbons (Fsp3) is 0.545. The van der Waals surface area contributed by atoms with E-state index in [1.807, 2.05) is 18.2 Å². The van der Waals surface area contributed by atoms with E-state index in [0.717, 1.165) is 18.7 Å². The predicted octanol–water partition coefficient (Wildman–Crippen LogP) is 1.97. The van der Waals surface area contributed by atoms with E-state index >= 15 is 0 Å². The number of nitrogens with two attached hydrogens (primary N) is 1. The first-order valence-corrected chi connectivity index (χ1v) is 5.01. The monoisotopic (exact) mass is 194 g/mol. The van der Waals surface area contributed by atoms with Gasteiger partial charge < -0.3 is 10.5 Å². The lowest BCUT2D eigenvalue weighted by Gasteiger charge is -2.07. The number of rotatable bonds is 5. The number of pyridine rings is 1. The molecule has 3 nitrogen and oxygen atoms in total. The Hall–Kier alpha value is -1.09. The molecule has 1 rings (SSSR count). The zero-order valence-corrected chi connectivity index (χ0v) is 8.86. The lowest BCUT2D eigenvalue weighted by molar-refractivity contribution is 0.278. The Kier molecular flexibility index (Phi) is 4.40. The summed E-state index contributed by atoms with van der Waals surface area (Å²) < 4.78 is 5.49. The molecule has 1 heterocycles. The van der Waals surface area contributed by atoms with Crippen LogP contribution in [0, 0.1) is 5.92 Å². The van der Waals surface area contributed by atoms with Crippen molar-refractivity contribution in [3.63, 3.8) is 0 Å². The normalized spacial score (nSPS) is 10.6. The first-order chi connectivity index (χ1) is 6.72. The average Bonchev–Trinajstić information content (AvgIpc) is 2.18. The van der Waals surface area contributed by atoms with Gasteiger partial charge in [0.15, 0.2) is 0 Å². The lowest BCUT2D eigenvalue weighted by atomic mass is 10.1. The van der Waals surface area contributed by atoms with Crippen LogP contribution in [0.3, 0.4) is 0 Å². The van der Waals surface area contributed by atoms with Crippen molar-refractivity contribution in [2.45, 2.75) is 26.8 Å². The van der Waals surface area contributed by atoms with Crippen LogP contribution < -0.4 is 10.5 Å². The number of hydrogen-bond donors (Lipinski definition) is 1.